The third-order valence-corrected chi connectivity index (χ3v) is 6.50. The smallest absolute Gasteiger partial charge is 0.333 e. The van der Waals surface area contributed by atoms with E-state index in [1.54, 1.807) is 18.2 Å². The molecule has 37 heavy (non-hydrogen) atoms. The normalized spacial score (nSPS) is 16.6. The summed E-state index contributed by atoms with van der Waals surface area (Å²) in [5.41, 5.74) is 0.597. The molecule has 1 aliphatic rings. The molecule has 0 saturated heterocycles. The van der Waals surface area contributed by atoms with Crippen molar-refractivity contribution in [2.24, 2.45) is 11.8 Å². The lowest BCUT2D eigenvalue weighted by Gasteiger charge is -2.11. The fourth-order valence-electron chi connectivity index (χ4n) is 4.49. The van der Waals surface area contributed by atoms with E-state index in [9.17, 15) is 28.7 Å². The van der Waals surface area contributed by atoms with E-state index in [-0.39, 0.29) is 41.6 Å². The molecular formula is C26H24FN5O5. The minimum atomic E-state index is -0.931. The van der Waals surface area contributed by atoms with Crippen LogP contribution in [0.3, 0.4) is 0 Å². The molecule has 190 valence electrons. The van der Waals surface area contributed by atoms with E-state index >= 15 is 0 Å². The molecule has 1 saturated carbocycles. The summed E-state index contributed by atoms with van der Waals surface area (Å²) in [6, 6.07) is 13.0. The Morgan fingerprint density at radius 1 is 1.14 bits per heavy atom. The van der Waals surface area contributed by atoms with Gasteiger partial charge in [0.15, 0.2) is 5.65 Å². The maximum atomic E-state index is 14.3. The number of imidazole rings is 1. The highest BCUT2D eigenvalue weighted by molar-refractivity contribution is 5.88. The summed E-state index contributed by atoms with van der Waals surface area (Å²) in [6.45, 7) is 1.23. The molecule has 1 amide bonds. The Kier molecular flexibility index (Phi) is 6.20. The number of nitrogens with one attached hydrogen (secondary N) is 2. The minimum absolute atomic E-state index is 0.0829. The number of halogens is 1. The van der Waals surface area contributed by atoms with Crippen LogP contribution in [0.25, 0.3) is 11.2 Å². The second kappa shape index (κ2) is 9.49. The number of fused-ring (bicyclic) bond motifs is 1. The standard InChI is InChI=1S/C26H24FN5O5/c1-14(33)28-18-8-6-15(7-9-18)10-21-29-22-23(30-21)31(13-17-11-19(17)25(35)36)26(37)32(24(22)34)12-16-4-2-3-5-20(16)27/h2-9,17,19H,10-13H2,1H3,(H,28,33)(H,29,30)(H,35,36)/t17-,19-/m1/s1. The number of hydrogen-bond acceptors (Lipinski definition) is 5. The SMILES string of the molecule is CC(=O)Nc1ccc(Cc2nc3c([nH]2)c(=O)n(Cc2ccccc2F)c(=O)n3C[C@H]2C[C@H]2C(=O)O)cc1. The van der Waals surface area contributed by atoms with Crippen LogP contribution in [0.5, 0.6) is 0 Å². The van der Waals surface area contributed by atoms with Crippen LogP contribution in [0.2, 0.25) is 0 Å². The zero-order valence-electron chi connectivity index (χ0n) is 19.9. The Morgan fingerprint density at radius 2 is 1.86 bits per heavy atom. The van der Waals surface area contributed by atoms with Gasteiger partial charge in [-0.25, -0.2) is 14.2 Å². The van der Waals surface area contributed by atoms with Crippen LogP contribution in [-0.2, 0) is 29.1 Å². The van der Waals surface area contributed by atoms with Crippen molar-refractivity contribution in [2.45, 2.75) is 32.9 Å². The van der Waals surface area contributed by atoms with Gasteiger partial charge >= 0.3 is 11.7 Å². The van der Waals surface area contributed by atoms with Gasteiger partial charge in [0, 0.05) is 31.1 Å². The van der Waals surface area contributed by atoms with Crippen molar-refractivity contribution in [3.63, 3.8) is 0 Å². The van der Waals surface area contributed by atoms with Crippen molar-refractivity contribution >= 4 is 28.7 Å². The predicted molar refractivity (Wildman–Crippen MR) is 133 cm³/mol. The number of rotatable bonds is 8. The van der Waals surface area contributed by atoms with Gasteiger partial charge in [-0.2, -0.15) is 0 Å². The third-order valence-electron chi connectivity index (χ3n) is 6.50. The van der Waals surface area contributed by atoms with Crippen LogP contribution in [0.1, 0.15) is 30.3 Å². The zero-order valence-corrected chi connectivity index (χ0v) is 19.9. The highest BCUT2D eigenvalue weighted by atomic mass is 19.1. The Labute approximate surface area is 209 Å². The molecule has 1 fully saturated rings. The van der Waals surface area contributed by atoms with Crippen molar-refractivity contribution in [1.29, 1.82) is 0 Å². The van der Waals surface area contributed by atoms with Crippen molar-refractivity contribution in [3.05, 3.63) is 92.1 Å². The van der Waals surface area contributed by atoms with E-state index < -0.39 is 29.0 Å². The number of carboxylic acids is 1. The molecule has 11 heteroatoms. The van der Waals surface area contributed by atoms with Crippen molar-refractivity contribution in [2.75, 3.05) is 5.32 Å². The summed E-state index contributed by atoms with van der Waals surface area (Å²) in [5.74, 6) is -2.05. The minimum Gasteiger partial charge on any atom is -0.481 e. The van der Waals surface area contributed by atoms with Crippen LogP contribution < -0.4 is 16.6 Å². The average Bonchev–Trinajstić information content (AvgIpc) is 3.52. The van der Waals surface area contributed by atoms with E-state index in [4.69, 9.17) is 0 Å². The number of aromatic nitrogens is 4. The molecule has 0 bridgehead atoms. The fourth-order valence-corrected chi connectivity index (χ4v) is 4.49. The summed E-state index contributed by atoms with van der Waals surface area (Å²) < 4.78 is 16.6. The number of carbonyl (C=O) groups is 2. The fraction of sp³-hybridized carbons (Fsp3) is 0.269. The maximum absolute atomic E-state index is 14.3. The van der Waals surface area contributed by atoms with E-state index in [1.807, 2.05) is 12.1 Å². The molecule has 0 radical (unpaired) electrons. The van der Waals surface area contributed by atoms with Crippen LogP contribution in [0, 0.1) is 17.7 Å². The Bertz CT molecular complexity index is 1640. The first kappa shape index (κ1) is 24.2. The number of carboxylic acid groups (broad SMARTS) is 1. The summed E-state index contributed by atoms with van der Waals surface area (Å²) >= 11 is 0. The quantitative estimate of drug-likeness (QED) is 0.336. The Hall–Kier alpha value is -4.54. The van der Waals surface area contributed by atoms with E-state index in [2.05, 4.69) is 15.3 Å². The first-order valence-corrected chi connectivity index (χ1v) is 11.8. The number of anilines is 1. The zero-order chi connectivity index (χ0) is 26.3. The molecule has 0 spiro atoms. The lowest BCUT2D eigenvalue weighted by Crippen LogP contribution is -2.41. The Balaban J connectivity index is 1.55. The number of aliphatic carboxylic acids is 1. The lowest BCUT2D eigenvalue weighted by molar-refractivity contribution is -0.138. The first-order valence-electron chi connectivity index (χ1n) is 11.8. The number of nitrogens with zero attached hydrogens (tertiary/aromatic N) is 3. The molecular weight excluding hydrogens is 481 g/mol. The number of hydrogen-bond donors (Lipinski definition) is 3. The van der Waals surface area contributed by atoms with Crippen LogP contribution in [0.15, 0.2) is 58.1 Å². The van der Waals surface area contributed by atoms with Gasteiger partial charge in [-0.15, -0.1) is 0 Å². The van der Waals surface area contributed by atoms with Crippen molar-refractivity contribution in [1.82, 2.24) is 19.1 Å². The molecule has 3 N–H and O–H groups in total. The van der Waals surface area contributed by atoms with Crippen molar-refractivity contribution in [3.8, 4) is 0 Å². The van der Waals surface area contributed by atoms with E-state index in [0.717, 1.165) is 10.1 Å². The second-order valence-corrected chi connectivity index (χ2v) is 9.25. The number of H-pyrrole nitrogens is 1. The molecule has 0 aliphatic heterocycles. The van der Waals surface area contributed by atoms with Crippen LogP contribution >= 0.6 is 0 Å². The molecule has 10 nitrogen and oxygen atoms in total. The monoisotopic (exact) mass is 505 g/mol. The van der Waals surface area contributed by atoms with Gasteiger partial charge < -0.3 is 15.4 Å². The number of amides is 1. The highest BCUT2D eigenvalue weighted by Gasteiger charge is 2.43. The molecule has 5 rings (SSSR count). The summed E-state index contributed by atoms with van der Waals surface area (Å²) in [6.07, 6.45) is 0.741. The predicted octanol–water partition coefficient (Wildman–Crippen LogP) is 2.34. The highest BCUT2D eigenvalue weighted by Crippen LogP contribution is 2.39. The van der Waals surface area contributed by atoms with Gasteiger partial charge in [0.1, 0.15) is 17.2 Å². The van der Waals surface area contributed by atoms with Crippen molar-refractivity contribution < 1.29 is 19.1 Å². The van der Waals surface area contributed by atoms with E-state index in [1.165, 1.54) is 29.7 Å². The molecule has 2 heterocycles. The maximum Gasteiger partial charge on any atom is 0.333 e. The molecule has 2 atom stereocenters. The molecule has 1 aliphatic carbocycles. The molecule has 2 aromatic heterocycles. The summed E-state index contributed by atoms with van der Waals surface area (Å²) in [5, 5.41) is 12.0. The van der Waals surface area contributed by atoms with Gasteiger partial charge in [0.2, 0.25) is 5.91 Å². The molecule has 4 aromatic rings. The van der Waals surface area contributed by atoms with Crippen LogP contribution in [-0.4, -0.2) is 36.1 Å². The van der Waals surface area contributed by atoms with E-state index in [0.29, 0.717) is 24.4 Å². The van der Waals surface area contributed by atoms with Crippen LogP contribution in [0.4, 0.5) is 10.1 Å². The van der Waals surface area contributed by atoms with Gasteiger partial charge in [0.05, 0.1) is 12.5 Å². The molecule has 0 unspecified atom stereocenters. The third kappa shape index (κ3) is 4.92. The second-order valence-electron chi connectivity index (χ2n) is 9.25. The Morgan fingerprint density at radius 3 is 2.51 bits per heavy atom. The first-order chi connectivity index (χ1) is 17.7. The number of carbonyl (C=O) groups excluding carboxylic acids is 1. The largest absolute Gasteiger partial charge is 0.481 e. The van der Waals surface area contributed by atoms with Gasteiger partial charge in [-0.05, 0) is 36.1 Å². The van der Waals surface area contributed by atoms with Gasteiger partial charge in [-0.1, -0.05) is 30.3 Å². The number of benzene rings is 2. The summed E-state index contributed by atoms with van der Waals surface area (Å²) in [7, 11) is 0. The number of aromatic amines is 1. The van der Waals surface area contributed by atoms with Gasteiger partial charge in [0.25, 0.3) is 5.56 Å². The topological polar surface area (TPSA) is 139 Å². The average molecular weight is 506 g/mol. The lowest BCUT2D eigenvalue weighted by atomic mass is 10.1. The summed E-state index contributed by atoms with van der Waals surface area (Å²) in [4.78, 5) is 56.9. The van der Waals surface area contributed by atoms with Gasteiger partial charge in [-0.3, -0.25) is 23.5 Å². The molecule has 2 aromatic carbocycles.